The van der Waals surface area contributed by atoms with Crippen molar-refractivity contribution in [2.75, 3.05) is 32.9 Å². The van der Waals surface area contributed by atoms with Gasteiger partial charge in [-0.3, -0.25) is 9.59 Å². The van der Waals surface area contributed by atoms with Crippen molar-refractivity contribution in [3.8, 4) is 11.4 Å². The van der Waals surface area contributed by atoms with E-state index in [0.717, 1.165) is 27.1 Å². The highest BCUT2D eigenvalue weighted by Gasteiger charge is 2.18. The van der Waals surface area contributed by atoms with E-state index >= 15 is 0 Å². The van der Waals surface area contributed by atoms with Crippen LogP contribution in [0.3, 0.4) is 0 Å². The first-order valence-electron chi connectivity index (χ1n) is 13.3. The molecule has 0 saturated carbocycles. The van der Waals surface area contributed by atoms with Gasteiger partial charge in [-0.25, -0.2) is 4.98 Å². The van der Waals surface area contributed by atoms with Gasteiger partial charge in [-0.1, -0.05) is 29.8 Å². The summed E-state index contributed by atoms with van der Waals surface area (Å²) in [7, 11) is 0. The molecule has 208 valence electrons. The largest absolute Gasteiger partial charge is 0.484 e. The van der Waals surface area contributed by atoms with E-state index < -0.39 is 0 Å². The van der Waals surface area contributed by atoms with Gasteiger partial charge in [0.15, 0.2) is 6.61 Å². The summed E-state index contributed by atoms with van der Waals surface area (Å²) in [6.45, 7) is 10.4. The summed E-state index contributed by atoms with van der Waals surface area (Å²) in [5, 5.41) is 5.11. The quantitative estimate of drug-likeness (QED) is 0.282. The summed E-state index contributed by atoms with van der Waals surface area (Å²) < 4.78 is 15.4. The van der Waals surface area contributed by atoms with E-state index in [-0.39, 0.29) is 24.0 Å². The van der Waals surface area contributed by atoms with Gasteiger partial charge < -0.3 is 18.9 Å². The molecule has 9 nitrogen and oxygen atoms in total. The molecule has 40 heavy (non-hydrogen) atoms. The van der Waals surface area contributed by atoms with Gasteiger partial charge in [-0.15, -0.1) is 0 Å². The first-order chi connectivity index (χ1) is 19.2. The third-order valence-corrected chi connectivity index (χ3v) is 7.45. The number of morpholine rings is 1. The molecule has 10 heteroatoms. The maximum absolute atomic E-state index is 13.4. The Balaban J connectivity index is 1.37. The van der Waals surface area contributed by atoms with Crippen LogP contribution in [0.1, 0.15) is 42.5 Å². The molecule has 0 N–H and O–H groups in total. The number of ether oxygens (including phenoxy) is 2. The van der Waals surface area contributed by atoms with Crippen molar-refractivity contribution in [2.45, 2.75) is 33.6 Å². The van der Waals surface area contributed by atoms with Gasteiger partial charge in [0.2, 0.25) is 0 Å². The molecular weight excluding hydrogens is 574 g/mol. The minimum absolute atomic E-state index is 0.000148. The number of carbonyl (C=O) groups excluding carboxylic acids is 1. The first-order valence-corrected chi connectivity index (χ1v) is 14.1. The summed E-state index contributed by atoms with van der Waals surface area (Å²) in [4.78, 5) is 32.2. The lowest BCUT2D eigenvalue weighted by molar-refractivity contribution is -0.137. The van der Waals surface area contributed by atoms with Crippen molar-refractivity contribution in [1.29, 1.82) is 0 Å². The Labute approximate surface area is 241 Å². The normalized spacial score (nSPS) is 14.0. The second-order valence-electron chi connectivity index (χ2n) is 10.1. The lowest BCUT2D eigenvalue weighted by Crippen LogP contribution is -2.42. The van der Waals surface area contributed by atoms with Gasteiger partial charge in [0.05, 0.1) is 30.3 Å². The number of hydrogen-bond acceptors (Lipinski definition) is 6. The number of halogens is 1. The van der Waals surface area contributed by atoms with Crippen LogP contribution in [0.15, 0.2) is 62.9 Å². The van der Waals surface area contributed by atoms with Crippen LogP contribution in [0.5, 0.6) is 5.75 Å². The fraction of sp³-hybridized carbons (Fsp3) is 0.333. The van der Waals surface area contributed by atoms with Gasteiger partial charge in [-0.05, 0) is 62.4 Å². The Morgan fingerprint density at radius 1 is 1.12 bits per heavy atom. The molecule has 1 saturated heterocycles. The zero-order valence-corrected chi connectivity index (χ0v) is 24.6. The first kappa shape index (κ1) is 27.8. The Bertz CT molecular complexity index is 1630. The van der Waals surface area contributed by atoms with Crippen LogP contribution < -0.4 is 10.3 Å². The van der Waals surface area contributed by atoms with Crippen LogP contribution in [-0.2, 0) is 9.53 Å². The number of carbonyl (C=O) groups is 1. The molecule has 0 atom stereocenters. The Morgan fingerprint density at radius 3 is 2.55 bits per heavy atom. The van der Waals surface area contributed by atoms with Crippen molar-refractivity contribution in [1.82, 2.24) is 19.1 Å². The average Bonchev–Trinajstić information content (AvgIpc) is 3.24. The van der Waals surface area contributed by atoms with E-state index in [1.165, 1.54) is 4.68 Å². The van der Waals surface area contributed by atoms with Crippen LogP contribution in [0.25, 0.3) is 16.6 Å². The Hall–Kier alpha value is -3.76. The number of rotatable bonds is 7. The summed E-state index contributed by atoms with van der Waals surface area (Å²) in [6, 6.07) is 15.2. The molecule has 1 fully saturated rings. The highest BCUT2D eigenvalue weighted by Crippen LogP contribution is 2.23. The number of amides is 1. The van der Waals surface area contributed by atoms with Crippen molar-refractivity contribution >= 4 is 39.0 Å². The molecule has 0 unspecified atom stereocenters. The average molecular weight is 607 g/mol. The fourth-order valence-corrected chi connectivity index (χ4v) is 5.19. The van der Waals surface area contributed by atoms with Crippen LogP contribution in [0.2, 0.25) is 0 Å². The standard InChI is InChI=1S/C30H32BrN5O4/c1-19(2)29-33-27-10-5-23(31)16-26(27)30(38)36(29)32-17-22-15-20(3)35(21(22)4)24-6-8-25(9-7-24)40-18-28(37)34-11-13-39-14-12-34/h5-10,15-17,19H,11-14,18H2,1-4H3. The molecule has 5 rings (SSSR count). The predicted octanol–water partition coefficient (Wildman–Crippen LogP) is 4.81. The Morgan fingerprint density at radius 2 is 1.85 bits per heavy atom. The summed E-state index contributed by atoms with van der Waals surface area (Å²) in [5.41, 5.74) is 4.30. The molecule has 0 bridgehead atoms. The molecule has 0 radical (unpaired) electrons. The third-order valence-electron chi connectivity index (χ3n) is 6.95. The Kier molecular flexibility index (Phi) is 8.18. The minimum Gasteiger partial charge on any atom is -0.484 e. The predicted molar refractivity (Wildman–Crippen MR) is 159 cm³/mol. The van der Waals surface area contributed by atoms with Gasteiger partial charge in [0.1, 0.15) is 11.6 Å². The van der Waals surface area contributed by atoms with Gasteiger partial charge in [-0.2, -0.15) is 9.78 Å². The summed E-state index contributed by atoms with van der Waals surface area (Å²) >= 11 is 3.45. The van der Waals surface area contributed by atoms with E-state index in [1.54, 1.807) is 17.2 Å². The van der Waals surface area contributed by atoms with E-state index in [0.29, 0.717) is 48.8 Å². The molecular formula is C30H32BrN5O4. The van der Waals surface area contributed by atoms with E-state index in [2.05, 4.69) is 25.6 Å². The second-order valence-corrected chi connectivity index (χ2v) is 11.0. The zero-order chi connectivity index (χ0) is 28.4. The lowest BCUT2D eigenvalue weighted by Gasteiger charge is -2.26. The molecule has 0 aliphatic carbocycles. The van der Waals surface area contributed by atoms with E-state index in [9.17, 15) is 9.59 Å². The number of benzene rings is 2. The van der Waals surface area contributed by atoms with Crippen molar-refractivity contribution < 1.29 is 14.3 Å². The van der Waals surface area contributed by atoms with Crippen molar-refractivity contribution in [2.24, 2.45) is 5.10 Å². The number of hydrogen-bond donors (Lipinski definition) is 0. The zero-order valence-electron chi connectivity index (χ0n) is 23.1. The third kappa shape index (κ3) is 5.73. The number of nitrogens with zero attached hydrogens (tertiary/aromatic N) is 5. The van der Waals surface area contributed by atoms with Gasteiger partial charge in [0, 0.05) is 46.1 Å². The molecule has 4 aromatic rings. The van der Waals surface area contributed by atoms with Crippen LogP contribution in [0.4, 0.5) is 0 Å². The highest BCUT2D eigenvalue weighted by molar-refractivity contribution is 9.10. The molecule has 0 spiro atoms. The van der Waals surface area contributed by atoms with Crippen LogP contribution >= 0.6 is 15.9 Å². The summed E-state index contributed by atoms with van der Waals surface area (Å²) in [6.07, 6.45) is 1.71. The number of fused-ring (bicyclic) bond motifs is 1. The summed E-state index contributed by atoms with van der Waals surface area (Å²) in [5.74, 6) is 1.20. The SMILES string of the molecule is Cc1cc(C=Nn2c(C(C)C)nc3ccc(Br)cc3c2=O)c(C)n1-c1ccc(OCC(=O)N2CCOCC2)cc1. The van der Waals surface area contributed by atoms with Crippen LogP contribution in [-0.4, -0.2) is 64.2 Å². The minimum atomic E-state index is -0.206. The topological polar surface area (TPSA) is 90.9 Å². The maximum atomic E-state index is 13.4. The van der Waals surface area contributed by atoms with Crippen molar-refractivity contribution in [3.05, 3.63) is 86.1 Å². The molecule has 3 heterocycles. The number of aromatic nitrogens is 3. The van der Waals surface area contributed by atoms with E-state index in [4.69, 9.17) is 14.5 Å². The highest BCUT2D eigenvalue weighted by atomic mass is 79.9. The second kappa shape index (κ2) is 11.8. The fourth-order valence-electron chi connectivity index (χ4n) is 4.83. The lowest BCUT2D eigenvalue weighted by atomic mass is 10.2. The van der Waals surface area contributed by atoms with Gasteiger partial charge >= 0.3 is 0 Å². The molecule has 1 aliphatic rings. The molecule has 2 aromatic carbocycles. The van der Waals surface area contributed by atoms with Crippen LogP contribution in [0, 0.1) is 13.8 Å². The maximum Gasteiger partial charge on any atom is 0.282 e. The van der Waals surface area contributed by atoms with Crippen molar-refractivity contribution in [3.63, 3.8) is 0 Å². The monoisotopic (exact) mass is 605 g/mol. The number of aryl methyl sites for hydroxylation is 1. The molecule has 1 aliphatic heterocycles. The smallest absolute Gasteiger partial charge is 0.282 e. The molecule has 2 aromatic heterocycles. The van der Waals surface area contributed by atoms with E-state index in [1.807, 2.05) is 70.2 Å². The van der Waals surface area contributed by atoms with Gasteiger partial charge in [0.25, 0.3) is 11.5 Å². The molecule has 1 amide bonds.